The molecule has 0 saturated carbocycles. The monoisotopic (exact) mass is 324 g/mol. The zero-order chi connectivity index (χ0) is 16.5. The Balaban J connectivity index is 1.47. The van der Waals surface area contributed by atoms with Crippen LogP contribution in [0.1, 0.15) is 28.7 Å². The molecule has 1 amide bonds. The van der Waals surface area contributed by atoms with Crippen LogP contribution in [0.4, 0.5) is 0 Å². The Kier molecular flexibility index (Phi) is 3.56. The van der Waals surface area contributed by atoms with Crippen LogP contribution < -0.4 is 0 Å². The number of carbonyl (C=O) groups excluding carboxylic acids is 1. The van der Waals surface area contributed by atoms with Gasteiger partial charge in [-0.05, 0) is 24.6 Å². The van der Waals surface area contributed by atoms with Gasteiger partial charge in [0.2, 0.25) is 11.7 Å². The second kappa shape index (κ2) is 5.88. The average Bonchev–Trinajstić information content (AvgIpc) is 3.35. The third-order valence-electron chi connectivity index (χ3n) is 4.09. The van der Waals surface area contributed by atoms with Crippen molar-refractivity contribution in [1.82, 2.24) is 29.8 Å². The van der Waals surface area contributed by atoms with E-state index in [1.54, 1.807) is 35.1 Å². The lowest BCUT2D eigenvalue weighted by Gasteiger charge is -2.13. The smallest absolute Gasteiger partial charge is 0.274 e. The van der Waals surface area contributed by atoms with E-state index >= 15 is 0 Å². The number of nitrogens with zero attached hydrogens (tertiary/aromatic N) is 6. The maximum Gasteiger partial charge on any atom is 0.274 e. The zero-order valence-electron chi connectivity index (χ0n) is 13.2. The lowest BCUT2D eigenvalue weighted by molar-refractivity contribution is 0.0783. The molecule has 0 aliphatic carbocycles. The second-order valence-corrected chi connectivity index (χ2v) is 5.78. The molecule has 1 fully saturated rings. The van der Waals surface area contributed by atoms with Crippen molar-refractivity contribution < 1.29 is 9.32 Å². The number of rotatable bonds is 3. The zero-order valence-corrected chi connectivity index (χ0v) is 13.2. The summed E-state index contributed by atoms with van der Waals surface area (Å²) in [6, 6.07) is 7.27. The Morgan fingerprint density at radius 2 is 2.25 bits per heavy atom. The largest absolute Gasteiger partial charge is 0.339 e. The Hall–Kier alpha value is -3.03. The van der Waals surface area contributed by atoms with Crippen LogP contribution in [0.15, 0.2) is 41.2 Å². The molecule has 3 aromatic heterocycles. The molecule has 122 valence electrons. The SMILES string of the molecule is Cn1ccc(C(=O)N2CC[C@@H](c3nc(-c4ccccn4)no3)C2)n1. The van der Waals surface area contributed by atoms with Crippen LogP contribution in [0.3, 0.4) is 0 Å². The van der Waals surface area contributed by atoms with Gasteiger partial charge < -0.3 is 9.42 Å². The van der Waals surface area contributed by atoms with Crippen LogP contribution >= 0.6 is 0 Å². The van der Waals surface area contributed by atoms with E-state index < -0.39 is 0 Å². The summed E-state index contributed by atoms with van der Waals surface area (Å²) in [7, 11) is 1.79. The molecule has 0 radical (unpaired) electrons. The van der Waals surface area contributed by atoms with Gasteiger partial charge in [0.15, 0.2) is 0 Å². The first-order chi connectivity index (χ1) is 11.7. The molecule has 1 aliphatic heterocycles. The second-order valence-electron chi connectivity index (χ2n) is 5.78. The minimum Gasteiger partial charge on any atom is -0.339 e. The maximum absolute atomic E-state index is 12.4. The van der Waals surface area contributed by atoms with Crippen molar-refractivity contribution in [2.24, 2.45) is 7.05 Å². The highest BCUT2D eigenvalue weighted by Crippen LogP contribution is 2.28. The molecule has 1 atom stereocenters. The van der Waals surface area contributed by atoms with Crippen LogP contribution in [0, 0.1) is 0 Å². The van der Waals surface area contributed by atoms with Gasteiger partial charge in [0, 0.05) is 32.5 Å². The van der Waals surface area contributed by atoms with Crippen LogP contribution in [0.2, 0.25) is 0 Å². The van der Waals surface area contributed by atoms with E-state index in [1.165, 1.54) is 0 Å². The molecule has 3 aromatic rings. The predicted molar refractivity (Wildman–Crippen MR) is 84.0 cm³/mol. The van der Waals surface area contributed by atoms with Gasteiger partial charge >= 0.3 is 0 Å². The summed E-state index contributed by atoms with van der Waals surface area (Å²) in [5.74, 6) is 0.997. The fourth-order valence-corrected chi connectivity index (χ4v) is 2.84. The van der Waals surface area contributed by atoms with Crippen molar-refractivity contribution in [3.63, 3.8) is 0 Å². The van der Waals surface area contributed by atoms with Crippen molar-refractivity contribution in [2.45, 2.75) is 12.3 Å². The molecule has 4 heterocycles. The summed E-state index contributed by atoms with van der Waals surface area (Å²) in [4.78, 5) is 22.9. The molecule has 0 bridgehead atoms. The highest BCUT2D eigenvalue weighted by atomic mass is 16.5. The molecule has 8 nitrogen and oxygen atoms in total. The van der Waals surface area contributed by atoms with E-state index in [0.29, 0.717) is 36.2 Å². The fraction of sp³-hybridized carbons (Fsp3) is 0.312. The first-order valence-electron chi connectivity index (χ1n) is 7.74. The summed E-state index contributed by atoms with van der Waals surface area (Å²) < 4.78 is 7.01. The first-order valence-corrected chi connectivity index (χ1v) is 7.74. The number of pyridine rings is 1. The van der Waals surface area contributed by atoms with E-state index in [9.17, 15) is 4.79 Å². The average molecular weight is 324 g/mol. The van der Waals surface area contributed by atoms with E-state index in [4.69, 9.17) is 4.52 Å². The molecule has 0 N–H and O–H groups in total. The quantitative estimate of drug-likeness (QED) is 0.725. The molecular weight excluding hydrogens is 308 g/mol. The van der Waals surface area contributed by atoms with Crippen molar-refractivity contribution in [2.75, 3.05) is 13.1 Å². The summed E-state index contributed by atoms with van der Waals surface area (Å²) in [6.07, 6.45) is 4.24. The highest BCUT2D eigenvalue weighted by molar-refractivity contribution is 5.92. The van der Waals surface area contributed by atoms with Crippen LogP contribution in [0.25, 0.3) is 11.5 Å². The minimum absolute atomic E-state index is 0.0441. The third-order valence-corrected chi connectivity index (χ3v) is 4.09. The van der Waals surface area contributed by atoms with E-state index in [1.807, 2.05) is 18.2 Å². The molecule has 8 heteroatoms. The van der Waals surface area contributed by atoms with Crippen molar-refractivity contribution in [1.29, 1.82) is 0 Å². The summed E-state index contributed by atoms with van der Waals surface area (Å²) in [5.41, 5.74) is 1.13. The predicted octanol–water partition coefficient (Wildman–Crippen LogP) is 1.49. The molecule has 0 aromatic carbocycles. The number of carbonyl (C=O) groups is 1. The van der Waals surface area contributed by atoms with Gasteiger partial charge in [0.25, 0.3) is 5.91 Å². The number of amides is 1. The lowest BCUT2D eigenvalue weighted by atomic mass is 10.1. The van der Waals surface area contributed by atoms with Gasteiger partial charge in [0.05, 0.1) is 5.92 Å². The van der Waals surface area contributed by atoms with Crippen LogP contribution in [0.5, 0.6) is 0 Å². The highest BCUT2D eigenvalue weighted by Gasteiger charge is 2.32. The van der Waals surface area contributed by atoms with Crippen molar-refractivity contribution in [3.8, 4) is 11.5 Å². The molecule has 0 unspecified atom stereocenters. The van der Waals surface area contributed by atoms with Crippen molar-refractivity contribution in [3.05, 3.63) is 48.2 Å². The Bertz CT molecular complexity index is 856. The minimum atomic E-state index is -0.0671. The molecule has 1 saturated heterocycles. The molecule has 1 aliphatic rings. The van der Waals surface area contributed by atoms with Gasteiger partial charge in [-0.15, -0.1) is 0 Å². The molecule has 0 spiro atoms. The van der Waals surface area contributed by atoms with Crippen molar-refractivity contribution >= 4 is 5.91 Å². The van der Waals surface area contributed by atoms with Crippen LogP contribution in [-0.2, 0) is 7.05 Å². The van der Waals surface area contributed by atoms with Gasteiger partial charge in [-0.25, -0.2) is 0 Å². The Labute approximate surface area is 138 Å². The number of hydrogen-bond acceptors (Lipinski definition) is 6. The number of aryl methyl sites for hydroxylation is 1. The fourth-order valence-electron chi connectivity index (χ4n) is 2.84. The van der Waals surface area contributed by atoms with Gasteiger partial charge in [-0.3, -0.25) is 14.5 Å². The maximum atomic E-state index is 12.4. The summed E-state index contributed by atoms with van der Waals surface area (Å²) >= 11 is 0. The topological polar surface area (TPSA) is 89.9 Å². The third kappa shape index (κ3) is 2.66. The van der Waals surface area contributed by atoms with E-state index in [2.05, 4.69) is 20.2 Å². The van der Waals surface area contributed by atoms with Crippen LogP contribution in [-0.4, -0.2) is 48.8 Å². The molecular formula is C16H16N6O2. The van der Waals surface area contributed by atoms with Gasteiger partial charge in [-0.2, -0.15) is 10.1 Å². The molecule has 24 heavy (non-hydrogen) atoms. The van der Waals surface area contributed by atoms with Gasteiger partial charge in [0.1, 0.15) is 11.4 Å². The first kappa shape index (κ1) is 14.6. The molecule has 4 rings (SSSR count). The van der Waals surface area contributed by atoms with Gasteiger partial charge in [-0.1, -0.05) is 11.2 Å². The standard InChI is InChI=1S/C16H16N6O2/c1-21-8-6-13(19-21)16(23)22-9-5-11(10-22)15-18-14(20-24-15)12-4-2-3-7-17-12/h2-4,6-8,11H,5,9-10H2,1H3/t11-/m1/s1. The Morgan fingerprint density at radius 3 is 3.00 bits per heavy atom. The number of aromatic nitrogens is 5. The number of likely N-dealkylation sites (tertiary alicyclic amines) is 1. The lowest BCUT2D eigenvalue weighted by Crippen LogP contribution is -2.29. The van der Waals surface area contributed by atoms with E-state index in [-0.39, 0.29) is 11.8 Å². The van der Waals surface area contributed by atoms with E-state index in [0.717, 1.165) is 6.42 Å². The summed E-state index contributed by atoms with van der Waals surface area (Å²) in [6.45, 7) is 1.21. The Morgan fingerprint density at radius 1 is 1.33 bits per heavy atom. The normalized spacial score (nSPS) is 17.4. The summed E-state index contributed by atoms with van der Waals surface area (Å²) in [5, 5.41) is 8.16. The number of hydrogen-bond donors (Lipinski definition) is 0.